The first-order chi connectivity index (χ1) is 20.0. The van der Waals surface area contributed by atoms with Crippen LogP contribution in [0.3, 0.4) is 0 Å². The van der Waals surface area contributed by atoms with Crippen LogP contribution in [0, 0.1) is 0 Å². The van der Waals surface area contributed by atoms with Gasteiger partial charge in [-0.15, -0.1) is 0 Å². The van der Waals surface area contributed by atoms with Gasteiger partial charge in [0.15, 0.2) is 0 Å². The number of hydrogen-bond donors (Lipinski definition) is 0. The maximum absolute atomic E-state index is 13.1. The van der Waals surface area contributed by atoms with Crippen LogP contribution in [0.2, 0.25) is 0 Å². The molecule has 6 rings (SSSR count). The molecule has 41 heavy (non-hydrogen) atoms. The van der Waals surface area contributed by atoms with E-state index in [1.54, 1.807) is 0 Å². The van der Waals surface area contributed by atoms with E-state index in [-0.39, 0.29) is 0 Å². The Hall–Kier alpha value is -4.40. The summed E-state index contributed by atoms with van der Waals surface area (Å²) in [4.78, 5) is 4.94. The first kappa shape index (κ1) is 26.8. The average molecular weight is 558 g/mol. The zero-order valence-electron chi connectivity index (χ0n) is 23.3. The van der Waals surface area contributed by atoms with Gasteiger partial charge in [0, 0.05) is 29.3 Å². The summed E-state index contributed by atoms with van der Waals surface area (Å²) in [6, 6.07) is 41.3. The number of rotatable bonds is 9. The Balaban J connectivity index is 1.48. The fourth-order valence-corrected chi connectivity index (χ4v) is 6.28. The lowest BCUT2D eigenvalue weighted by atomic mass is 9.92. The van der Waals surface area contributed by atoms with Crippen molar-refractivity contribution in [3.8, 4) is 33.9 Å². The molecule has 0 bridgehead atoms. The number of fused-ring (bicyclic) bond motifs is 2. The van der Waals surface area contributed by atoms with E-state index < -0.39 is 7.37 Å². The van der Waals surface area contributed by atoms with Crippen LogP contribution in [0.25, 0.3) is 43.9 Å². The molecule has 1 aromatic heterocycles. The third-order valence-electron chi connectivity index (χ3n) is 7.49. The van der Waals surface area contributed by atoms with Crippen LogP contribution in [0.4, 0.5) is 0 Å². The SMILES string of the molecule is CCP(=O)(CC)Oc1ccc2cc(-c3cccc(OCc4ccccc4)c3)cc(-c3cccc4ccccc34)c2n1. The summed E-state index contributed by atoms with van der Waals surface area (Å²) in [6.45, 7) is 4.31. The van der Waals surface area contributed by atoms with Crippen molar-refractivity contribution < 1.29 is 13.8 Å². The monoisotopic (exact) mass is 557 g/mol. The van der Waals surface area contributed by atoms with Crippen LogP contribution >= 0.6 is 7.37 Å². The first-order valence-electron chi connectivity index (χ1n) is 14.0. The summed E-state index contributed by atoms with van der Waals surface area (Å²) in [5.74, 6) is 1.21. The first-order valence-corrected chi connectivity index (χ1v) is 16.0. The fourth-order valence-electron chi connectivity index (χ4n) is 5.13. The highest BCUT2D eigenvalue weighted by molar-refractivity contribution is 7.59. The largest absolute Gasteiger partial charge is 0.489 e. The van der Waals surface area contributed by atoms with Crippen molar-refractivity contribution in [3.05, 3.63) is 127 Å². The topological polar surface area (TPSA) is 48.4 Å². The number of ether oxygens (including phenoxy) is 1. The Labute approximate surface area is 241 Å². The quantitative estimate of drug-likeness (QED) is 0.166. The van der Waals surface area contributed by atoms with Crippen molar-refractivity contribution in [3.63, 3.8) is 0 Å². The van der Waals surface area contributed by atoms with Gasteiger partial charge in [0.25, 0.3) is 0 Å². The van der Waals surface area contributed by atoms with Crippen molar-refractivity contribution in [2.45, 2.75) is 20.5 Å². The lowest BCUT2D eigenvalue weighted by Crippen LogP contribution is -2.00. The number of pyridine rings is 1. The van der Waals surface area contributed by atoms with Crippen LogP contribution < -0.4 is 9.26 Å². The van der Waals surface area contributed by atoms with Gasteiger partial charge < -0.3 is 9.26 Å². The summed E-state index contributed by atoms with van der Waals surface area (Å²) >= 11 is 0. The predicted molar refractivity (Wildman–Crippen MR) is 170 cm³/mol. The smallest absolute Gasteiger partial charge is 0.249 e. The molecule has 204 valence electrons. The van der Waals surface area contributed by atoms with Gasteiger partial charge >= 0.3 is 0 Å². The molecule has 0 N–H and O–H groups in total. The van der Waals surface area contributed by atoms with Gasteiger partial charge in [-0.3, -0.25) is 4.57 Å². The molecule has 0 atom stereocenters. The molecule has 6 aromatic rings. The maximum atomic E-state index is 13.1. The second kappa shape index (κ2) is 11.6. The van der Waals surface area contributed by atoms with Gasteiger partial charge in [-0.1, -0.05) is 98.8 Å². The van der Waals surface area contributed by atoms with E-state index in [4.69, 9.17) is 14.2 Å². The van der Waals surface area contributed by atoms with Crippen molar-refractivity contribution in [2.24, 2.45) is 0 Å². The molecule has 0 saturated carbocycles. The van der Waals surface area contributed by atoms with E-state index in [9.17, 15) is 4.57 Å². The normalized spacial score (nSPS) is 11.6. The summed E-state index contributed by atoms with van der Waals surface area (Å²) < 4.78 is 25.3. The molecular weight excluding hydrogens is 525 g/mol. The minimum Gasteiger partial charge on any atom is -0.489 e. The lowest BCUT2D eigenvalue weighted by molar-refractivity contribution is 0.306. The van der Waals surface area contributed by atoms with E-state index in [0.29, 0.717) is 24.8 Å². The third kappa shape index (κ3) is 5.75. The summed E-state index contributed by atoms with van der Waals surface area (Å²) in [5.41, 5.74) is 6.15. The molecule has 0 spiro atoms. The molecule has 0 aliphatic rings. The minimum atomic E-state index is -2.78. The second-order valence-electron chi connectivity index (χ2n) is 10.1. The highest BCUT2D eigenvalue weighted by Crippen LogP contribution is 2.46. The van der Waals surface area contributed by atoms with Gasteiger partial charge in [-0.2, -0.15) is 0 Å². The molecule has 5 aromatic carbocycles. The fraction of sp³-hybridized carbons (Fsp3) is 0.139. The Kier molecular flexibility index (Phi) is 7.59. The number of aromatic nitrogens is 1. The molecule has 4 nitrogen and oxygen atoms in total. The Morgan fingerprint density at radius 2 is 1.41 bits per heavy atom. The van der Waals surface area contributed by atoms with E-state index in [0.717, 1.165) is 55.2 Å². The van der Waals surface area contributed by atoms with Gasteiger partial charge in [-0.25, -0.2) is 4.98 Å². The molecular formula is C36H32NO3P. The van der Waals surface area contributed by atoms with E-state index in [1.165, 1.54) is 0 Å². The van der Waals surface area contributed by atoms with E-state index >= 15 is 0 Å². The van der Waals surface area contributed by atoms with Crippen LogP contribution in [0.1, 0.15) is 19.4 Å². The average Bonchev–Trinajstić information content (AvgIpc) is 3.03. The zero-order valence-corrected chi connectivity index (χ0v) is 24.2. The second-order valence-corrected chi connectivity index (χ2v) is 13.2. The van der Waals surface area contributed by atoms with Crippen LogP contribution in [-0.2, 0) is 11.2 Å². The van der Waals surface area contributed by atoms with Crippen molar-refractivity contribution in [2.75, 3.05) is 12.3 Å². The Morgan fingerprint density at radius 3 is 2.24 bits per heavy atom. The molecule has 0 aliphatic heterocycles. The lowest BCUT2D eigenvalue weighted by Gasteiger charge is -2.17. The number of hydrogen-bond acceptors (Lipinski definition) is 4. The minimum absolute atomic E-state index is 0.398. The van der Waals surface area contributed by atoms with Gasteiger partial charge in [-0.05, 0) is 63.4 Å². The van der Waals surface area contributed by atoms with Crippen molar-refractivity contribution in [1.82, 2.24) is 4.98 Å². The third-order valence-corrected chi connectivity index (χ3v) is 9.93. The highest BCUT2D eigenvalue weighted by atomic mass is 31.2. The molecule has 1 heterocycles. The molecule has 0 saturated heterocycles. The maximum Gasteiger partial charge on any atom is 0.249 e. The van der Waals surface area contributed by atoms with Crippen molar-refractivity contribution in [1.29, 1.82) is 0 Å². The Morgan fingerprint density at radius 1 is 0.659 bits per heavy atom. The number of nitrogens with zero attached hydrogens (tertiary/aromatic N) is 1. The molecule has 5 heteroatoms. The number of benzene rings is 5. The molecule has 0 fully saturated rings. The van der Waals surface area contributed by atoms with Gasteiger partial charge in [0.1, 0.15) is 12.4 Å². The van der Waals surface area contributed by atoms with Crippen LogP contribution in [0.5, 0.6) is 11.6 Å². The molecule has 0 amide bonds. The van der Waals surface area contributed by atoms with Crippen LogP contribution in [-0.4, -0.2) is 17.3 Å². The molecule has 0 aliphatic carbocycles. The highest BCUT2D eigenvalue weighted by Gasteiger charge is 2.21. The molecule has 0 unspecified atom stereocenters. The standard InChI is InChI=1S/C36H32NO3P/c1-3-41(38,4-2)40-35-21-20-29-22-30(28-16-10-17-31(23-28)39-25-26-12-6-5-7-13-26)24-34(36(29)37-35)33-19-11-15-27-14-8-9-18-32(27)33/h5-24H,3-4,25H2,1-2H3. The zero-order chi connectivity index (χ0) is 28.2. The summed E-state index contributed by atoms with van der Waals surface area (Å²) in [7, 11) is -2.78. The van der Waals surface area contributed by atoms with E-state index in [1.807, 2.05) is 56.3 Å². The van der Waals surface area contributed by atoms with Gasteiger partial charge in [0.05, 0.1) is 5.52 Å². The van der Waals surface area contributed by atoms with Crippen molar-refractivity contribution >= 4 is 29.0 Å². The molecule has 0 radical (unpaired) electrons. The van der Waals surface area contributed by atoms with Crippen LogP contribution in [0.15, 0.2) is 121 Å². The Bertz CT molecular complexity index is 1870. The predicted octanol–water partition coefficient (Wildman–Crippen LogP) is 10.00. The van der Waals surface area contributed by atoms with E-state index in [2.05, 4.69) is 78.9 Å². The van der Waals surface area contributed by atoms with Gasteiger partial charge in [0.2, 0.25) is 13.2 Å². The summed E-state index contributed by atoms with van der Waals surface area (Å²) in [6.07, 6.45) is 0.946. The summed E-state index contributed by atoms with van der Waals surface area (Å²) in [5, 5.41) is 3.29.